The Morgan fingerprint density at radius 1 is 1.58 bits per heavy atom. The van der Waals surface area contributed by atoms with Gasteiger partial charge < -0.3 is 15.4 Å². The summed E-state index contributed by atoms with van der Waals surface area (Å²) in [5.41, 5.74) is 8.24. The molecule has 1 unspecified atom stereocenters. The summed E-state index contributed by atoms with van der Waals surface area (Å²) >= 11 is 2.02. The Morgan fingerprint density at radius 2 is 2.37 bits per heavy atom. The number of hydrogen-bond acceptors (Lipinski definition) is 5. The van der Waals surface area contributed by atoms with E-state index in [1.165, 1.54) is 13.5 Å². The summed E-state index contributed by atoms with van der Waals surface area (Å²) in [4.78, 5) is 13.8. The molecule has 0 saturated carbocycles. The van der Waals surface area contributed by atoms with Crippen molar-refractivity contribution in [1.82, 2.24) is 0 Å². The average molecular weight is 280 g/mol. The van der Waals surface area contributed by atoms with Crippen molar-refractivity contribution < 1.29 is 9.53 Å². The lowest BCUT2D eigenvalue weighted by molar-refractivity contribution is 0.0601. The number of nitrogens with two attached hydrogens (primary N) is 1. The predicted octanol–water partition coefficient (Wildman–Crippen LogP) is 2.39. The minimum atomic E-state index is -0.348. The number of carbonyl (C=O) groups excluding carboxylic acids is 1. The molecule has 1 saturated heterocycles. The third-order valence-electron chi connectivity index (χ3n) is 3.38. The van der Waals surface area contributed by atoms with Gasteiger partial charge in [-0.05, 0) is 24.6 Å². The molecule has 1 atom stereocenters. The first-order chi connectivity index (χ1) is 9.15. The Hall–Kier alpha value is -1.36. The maximum Gasteiger partial charge on any atom is 0.337 e. The van der Waals surface area contributed by atoms with Gasteiger partial charge in [0.1, 0.15) is 0 Å². The molecule has 1 aromatic rings. The second-order valence-corrected chi connectivity index (χ2v) is 6.02. The topological polar surface area (TPSA) is 55.6 Å². The van der Waals surface area contributed by atoms with Crippen molar-refractivity contribution in [2.75, 3.05) is 36.6 Å². The molecular formula is C14H20N2O2S. The van der Waals surface area contributed by atoms with Gasteiger partial charge in [0.15, 0.2) is 0 Å². The highest BCUT2D eigenvalue weighted by Gasteiger charge is 2.21. The first-order valence-corrected chi connectivity index (χ1v) is 7.55. The molecule has 104 valence electrons. The lowest BCUT2D eigenvalue weighted by atomic mass is 10.1. The smallest absolute Gasteiger partial charge is 0.337 e. The molecule has 0 spiro atoms. The van der Waals surface area contributed by atoms with E-state index >= 15 is 0 Å². The quantitative estimate of drug-likeness (QED) is 0.680. The van der Waals surface area contributed by atoms with Crippen LogP contribution in [0, 0.1) is 0 Å². The normalized spacial score (nSPS) is 19.3. The first kappa shape index (κ1) is 14.1. The van der Waals surface area contributed by atoms with Crippen molar-refractivity contribution in [3.63, 3.8) is 0 Å². The summed E-state index contributed by atoms with van der Waals surface area (Å²) in [6.45, 7) is 4.23. The summed E-state index contributed by atoms with van der Waals surface area (Å²) < 4.78 is 4.70. The Balaban J connectivity index is 2.18. The van der Waals surface area contributed by atoms with Crippen molar-refractivity contribution in [3.8, 4) is 0 Å². The third-order valence-corrected chi connectivity index (χ3v) is 4.76. The fourth-order valence-corrected chi connectivity index (χ4v) is 3.45. The summed E-state index contributed by atoms with van der Waals surface area (Å²) in [5.74, 6) is 0.773. The van der Waals surface area contributed by atoms with Crippen molar-refractivity contribution in [3.05, 3.63) is 23.8 Å². The first-order valence-electron chi connectivity index (χ1n) is 6.50. The van der Waals surface area contributed by atoms with E-state index < -0.39 is 0 Å². The van der Waals surface area contributed by atoms with Crippen LogP contribution in [0.3, 0.4) is 0 Å². The van der Waals surface area contributed by atoms with Crippen LogP contribution in [0.15, 0.2) is 18.2 Å². The maximum atomic E-state index is 11.5. The fourth-order valence-electron chi connectivity index (χ4n) is 2.27. The molecule has 1 heterocycles. The highest BCUT2D eigenvalue weighted by atomic mass is 32.2. The largest absolute Gasteiger partial charge is 0.465 e. The highest BCUT2D eigenvalue weighted by molar-refractivity contribution is 8.00. The average Bonchev–Trinajstić information content (AvgIpc) is 2.46. The zero-order chi connectivity index (χ0) is 13.8. The second-order valence-electron chi connectivity index (χ2n) is 4.61. The summed E-state index contributed by atoms with van der Waals surface area (Å²) in [6, 6.07) is 5.40. The third kappa shape index (κ3) is 3.15. The summed E-state index contributed by atoms with van der Waals surface area (Å²) in [6.07, 6.45) is 1.17. The molecule has 5 heteroatoms. The van der Waals surface area contributed by atoms with Gasteiger partial charge in [-0.2, -0.15) is 11.8 Å². The number of carbonyl (C=O) groups is 1. The number of hydrogen-bond donors (Lipinski definition) is 1. The van der Waals surface area contributed by atoms with E-state index in [4.69, 9.17) is 10.5 Å². The van der Waals surface area contributed by atoms with Crippen LogP contribution in [0.1, 0.15) is 23.7 Å². The van der Waals surface area contributed by atoms with Crippen LogP contribution < -0.4 is 10.6 Å². The summed E-state index contributed by atoms with van der Waals surface area (Å²) in [7, 11) is 1.38. The van der Waals surface area contributed by atoms with E-state index in [0.717, 1.165) is 24.5 Å². The lowest BCUT2D eigenvalue weighted by Gasteiger charge is -2.34. The van der Waals surface area contributed by atoms with Crippen LogP contribution in [0.2, 0.25) is 0 Å². The van der Waals surface area contributed by atoms with E-state index in [1.807, 2.05) is 17.8 Å². The molecule has 0 aliphatic carbocycles. The number of benzene rings is 1. The fraction of sp³-hybridized carbons (Fsp3) is 0.500. The number of thioether (sulfide) groups is 1. The van der Waals surface area contributed by atoms with Gasteiger partial charge in [0.25, 0.3) is 0 Å². The lowest BCUT2D eigenvalue weighted by Crippen LogP contribution is -2.38. The number of rotatable bonds is 3. The van der Waals surface area contributed by atoms with Gasteiger partial charge in [0.2, 0.25) is 0 Å². The Morgan fingerprint density at radius 3 is 3.00 bits per heavy atom. The van der Waals surface area contributed by atoms with Crippen molar-refractivity contribution in [2.24, 2.45) is 0 Å². The van der Waals surface area contributed by atoms with Crippen LogP contribution >= 0.6 is 11.8 Å². The molecule has 1 aliphatic rings. The van der Waals surface area contributed by atoms with Gasteiger partial charge in [0.05, 0.1) is 24.0 Å². The minimum Gasteiger partial charge on any atom is -0.465 e. The van der Waals surface area contributed by atoms with E-state index in [9.17, 15) is 4.79 Å². The highest BCUT2D eigenvalue weighted by Crippen LogP contribution is 2.30. The minimum absolute atomic E-state index is 0.348. The molecule has 4 nitrogen and oxygen atoms in total. The van der Waals surface area contributed by atoms with E-state index in [1.54, 1.807) is 12.1 Å². The summed E-state index contributed by atoms with van der Waals surface area (Å²) in [5, 5.41) is 0.661. The zero-order valence-corrected chi connectivity index (χ0v) is 12.2. The van der Waals surface area contributed by atoms with Gasteiger partial charge in [-0.3, -0.25) is 0 Å². The molecule has 0 amide bonds. The van der Waals surface area contributed by atoms with Gasteiger partial charge in [-0.25, -0.2) is 4.79 Å². The van der Waals surface area contributed by atoms with Crippen molar-refractivity contribution in [2.45, 2.75) is 18.6 Å². The number of nitrogens with zero attached hydrogens (tertiary/aromatic N) is 1. The maximum absolute atomic E-state index is 11.5. The van der Waals surface area contributed by atoms with Gasteiger partial charge in [-0.15, -0.1) is 0 Å². The monoisotopic (exact) mass is 280 g/mol. The SMILES string of the molecule is CCC1CN(c2ccc(C(=O)OC)cc2N)CCS1. The Kier molecular flexibility index (Phi) is 4.58. The molecule has 19 heavy (non-hydrogen) atoms. The van der Waals surface area contributed by atoms with E-state index in [2.05, 4.69) is 11.8 Å². The molecule has 0 radical (unpaired) electrons. The van der Waals surface area contributed by atoms with Crippen LogP contribution in [0.4, 0.5) is 11.4 Å². The van der Waals surface area contributed by atoms with Crippen LogP contribution in [0.25, 0.3) is 0 Å². The van der Waals surface area contributed by atoms with Crippen LogP contribution in [-0.4, -0.2) is 37.2 Å². The number of anilines is 2. The number of ether oxygens (including phenoxy) is 1. The zero-order valence-electron chi connectivity index (χ0n) is 11.4. The molecular weight excluding hydrogens is 260 g/mol. The van der Waals surface area contributed by atoms with Crippen molar-refractivity contribution >= 4 is 29.1 Å². The molecule has 0 bridgehead atoms. The van der Waals surface area contributed by atoms with Crippen molar-refractivity contribution in [1.29, 1.82) is 0 Å². The number of esters is 1. The Labute approximate surface area is 118 Å². The van der Waals surface area contributed by atoms with E-state index in [-0.39, 0.29) is 5.97 Å². The Bertz CT molecular complexity index is 465. The van der Waals surface area contributed by atoms with Crippen LogP contribution in [-0.2, 0) is 4.74 Å². The number of nitrogen functional groups attached to an aromatic ring is 1. The number of methoxy groups -OCH3 is 1. The van der Waals surface area contributed by atoms with Gasteiger partial charge in [0, 0.05) is 24.1 Å². The molecule has 1 aromatic carbocycles. The molecule has 2 N–H and O–H groups in total. The van der Waals surface area contributed by atoms with Crippen LogP contribution in [0.5, 0.6) is 0 Å². The van der Waals surface area contributed by atoms with Gasteiger partial charge >= 0.3 is 5.97 Å². The molecule has 2 rings (SSSR count). The molecule has 1 fully saturated rings. The second kappa shape index (κ2) is 6.19. The standard InChI is InChI=1S/C14H20N2O2S/c1-3-11-9-16(6-7-19-11)13-5-4-10(8-12(13)15)14(17)18-2/h4-5,8,11H,3,6-7,9,15H2,1-2H3. The molecule has 1 aliphatic heterocycles. The molecule has 0 aromatic heterocycles. The van der Waals surface area contributed by atoms with E-state index in [0.29, 0.717) is 16.5 Å². The van der Waals surface area contributed by atoms with Gasteiger partial charge in [-0.1, -0.05) is 6.92 Å². The predicted molar refractivity (Wildman–Crippen MR) is 80.9 cm³/mol.